The topological polar surface area (TPSA) is 40.5 Å². The maximum atomic E-state index is 12.5. The molecule has 2 rings (SSSR count). The van der Waals surface area contributed by atoms with Crippen molar-refractivity contribution in [1.82, 2.24) is 4.90 Å². The molecule has 0 aliphatic carbocycles. The molecule has 0 spiro atoms. The van der Waals surface area contributed by atoms with Crippen LogP contribution in [0, 0.1) is 0 Å². The maximum absolute atomic E-state index is 12.5. The summed E-state index contributed by atoms with van der Waals surface area (Å²) in [7, 11) is 0. The first-order valence-electron chi connectivity index (χ1n) is 6.92. The van der Waals surface area contributed by atoms with Crippen LogP contribution in [0.5, 0.6) is 0 Å². The van der Waals surface area contributed by atoms with Gasteiger partial charge in [0, 0.05) is 12.1 Å². The molecule has 1 aromatic carbocycles. The van der Waals surface area contributed by atoms with E-state index in [1.54, 1.807) is 12.1 Å². The molecule has 0 saturated carbocycles. The maximum Gasteiger partial charge on any atom is 0.320 e. The zero-order valence-electron chi connectivity index (χ0n) is 11.3. The third-order valence-corrected chi connectivity index (χ3v) is 3.77. The van der Waals surface area contributed by atoms with E-state index >= 15 is 0 Å². The van der Waals surface area contributed by atoms with Crippen LogP contribution >= 0.6 is 0 Å². The third kappa shape index (κ3) is 3.76. The van der Waals surface area contributed by atoms with Gasteiger partial charge in [0.25, 0.3) is 6.43 Å². The zero-order valence-corrected chi connectivity index (χ0v) is 11.3. The summed E-state index contributed by atoms with van der Waals surface area (Å²) in [4.78, 5) is 13.2. The lowest BCUT2D eigenvalue weighted by atomic mass is 10.1. The van der Waals surface area contributed by atoms with Crippen molar-refractivity contribution < 1.29 is 18.7 Å². The minimum Gasteiger partial charge on any atom is -0.480 e. The molecule has 1 saturated heterocycles. The summed E-state index contributed by atoms with van der Waals surface area (Å²) in [6.45, 7) is 1.24. The Kier molecular flexibility index (Phi) is 5.06. The van der Waals surface area contributed by atoms with Gasteiger partial charge in [-0.15, -0.1) is 0 Å². The number of carboxylic acids is 1. The molecule has 1 aromatic rings. The Morgan fingerprint density at radius 2 is 1.95 bits per heavy atom. The first-order chi connectivity index (χ1) is 9.58. The standard InChI is InChI=1S/C15H19F2NO2/c16-14(17)12-7-5-11(6-8-12)10-18-9-3-1-2-4-13(18)15(19)20/h5-8,13-14H,1-4,9-10H2,(H,19,20). The van der Waals surface area contributed by atoms with E-state index in [1.165, 1.54) is 12.1 Å². The van der Waals surface area contributed by atoms with E-state index in [0.29, 0.717) is 13.0 Å². The molecule has 20 heavy (non-hydrogen) atoms. The van der Waals surface area contributed by atoms with Crippen molar-refractivity contribution in [3.8, 4) is 0 Å². The number of carboxylic acid groups (broad SMARTS) is 1. The van der Waals surface area contributed by atoms with Crippen LogP contribution in [-0.4, -0.2) is 28.6 Å². The number of hydrogen-bond donors (Lipinski definition) is 1. The van der Waals surface area contributed by atoms with Gasteiger partial charge in [-0.1, -0.05) is 37.1 Å². The predicted octanol–water partition coefficient (Wildman–Crippen LogP) is 3.45. The molecule has 0 radical (unpaired) electrons. The number of hydrogen-bond acceptors (Lipinski definition) is 2. The van der Waals surface area contributed by atoms with Crippen LogP contribution < -0.4 is 0 Å². The smallest absolute Gasteiger partial charge is 0.320 e. The molecule has 1 atom stereocenters. The molecule has 0 amide bonds. The molecule has 0 bridgehead atoms. The molecule has 1 unspecified atom stereocenters. The minimum atomic E-state index is -2.46. The van der Waals surface area contributed by atoms with Crippen molar-refractivity contribution in [2.75, 3.05) is 6.54 Å². The van der Waals surface area contributed by atoms with Crippen molar-refractivity contribution in [1.29, 1.82) is 0 Å². The minimum absolute atomic E-state index is 0.000555. The lowest BCUT2D eigenvalue weighted by Crippen LogP contribution is -2.40. The molecule has 5 heteroatoms. The summed E-state index contributed by atoms with van der Waals surface area (Å²) in [6.07, 6.45) is 1.15. The molecule has 1 fully saturated rings. The largest absolute Gasteiger partial charge is 0.480 e. The first-order valence-corrected chi connectivity index (χ1v) is 6.92. The van der Waals surface area contributed by atoms with Crippen molar-refractivity contribution in [3.05, 3.63) is 35.4 Å². The molecule has 1 heterocycles. The number of likely N-dealkylation sites (tertiary alicyclic amines) is 1. The van der Waals surface area contributed by atoms with E-state index < -0.39 is 18.4 Å². The van der Waals surface area contributed by atoms with Crippen molar-refractivity contribution in [2.24, 2.45) is 0 Å². The molecule has 110 valence electrons. The first kappa shape index (κ1) is 14.9. The highest BCUT2D eigenvalue weighted by Crippen LogP contribution is 2.22. The van der Waals surface area contributed by atoms with Gasteiger partial charge in [-0.05, 0) is 24.9 Å². The van der Waals surface area contributed by atoms with Crippen LogP contribution in [0.25, 0.3) is 0 Å². The zero-order chi connectivity index (χ0) is 14.5. The van der Waals surface area contributed by atoms with Crippen molar-refractivity contribution in [3.63, 3.8) is 0 Å². The fourth-order valence-electron chi connectivity index (χ4n) is 2.64. The van der Waals surface area contributed by atoms with Gasteiger partial charge in [-0.25, -0.2) is 8.78 Å². The number of benzene rings is 1. The SMILES string of the molecule is O=C(O)C1CCCCCN1Cc1ccc(C(F)F)cc1. The van der Waals surface area contributed by atoms with E-state index in [-0.39, 0.29) is 5.56 Å². The van der Waals surface area contributed by atoms with Crippen molar-refractivity contribution >= 4 is 5.97 Å². The van der Waals surface area contributed by atoms with E-state index in [2.05, 4.69) is 0 Å². The van der Waals surface area contributed by atoms with Gasteiger partial charge in [-0.2, -0.15) is 0 Å². The van der Waals surface area contributed by atoms with Gasteiger partial charge in [0.05, 0.1) is 0 Å². The second-order valence-electron chi connectivity index (χ2n) is 5.22. The number of nitrogens with zero attached hydrogens (tertiary/aromatic N) is 1. The van der Waals surface area contributed by atoms with Crippen LogP contribution in [-0.2, 0) is 11.3 Å². The number of carbonyl (C=O) groups is 1. The summed E-state index contributed by atoms with van der Waals surface area (Å²) >= 11 is 0. The van der Waals surface area contributed by atoms with Crippen LogP contribution in [0.1, 0.15) is 43.2 Å². The Labute approximate surface area is 117 Å². The van der Waals surface area contributed by atoms with Gasteiger partial charge >= 0.3 is 5.97 Å². The Balaban J connectivity index is 2.07. The normalized spacial score (nSPS) is 20.9. The average molecular weight is 283 g/mol. The third-order valence-electron chi connectivity index (χ3n) is 3.77. The van der Waals surface area contributed by atoms with Crippen LogP contribution in [0.15, 0.2) is 24.3 Å². The quantitative estimate of drug-likeness (QED) is 0.920. The molecule has 3 nitrogen and oxygen atoms in total. The highest BCUT2D eigenvalue weighted by Gasteiger charge is 2.26. The summed E-state index contributed by atoms with van der Waals surface area (Å²) in [5.74, 6) is -0.795. The van der Waals surface area contributed by atoms with Gasteiger partial charge in [0.2, 0.25) is 0 Å². The van der Waals surface area contributed by atoms with E-state index in [1.807, 2.05) is 4.90 Å². The Morgan fingerprint density at radius 1 is 1.25 bits per heavy atom. The number of rotatable bonds is 4. The molecule has 1 aliphatic heterocycles. The number of alkyl halides is 2. The summed E-state index contributed by atoms with van der Waals surface area (Å²) in [5.41, 5.74) is 0.877. The monoisotopic (exact) mass is 283 g/mol. The lowest BCUT2D eigenvalue weighted by Gasteiger charge is -2.26. The summed E-state index contributed by atoms with van der Waals surface area (Å²) < 4.78 is 25.0. The predicted molar refractivity (Wildman–Crippen MR) is 71.7 cm³/mol. The lowest BCUT2D eigenvalue weighted by molar-refractivity contribution is -0.143. The van der Waals surface area contributed by atoms with Crippen LogP contribution in [0.4, 0.5) is 8.78 Å². The highest BCUT2D eigenvalue weighted by molar-refractivity contribution is 5.73. The highest BCUT2D eigenvalue weighted by atomic mass is 19.3. The van der Waals surface area contributed by atoms with E-state index in [4.69, 9.17) is 0 Å². The number of aliphatic carboxylic acids is 1. The van der Waals surface area contributed by atoms with Gasteiger partial charge in [-0.3, -0.25) is 9.69 Å². The molecule has 1 N–H and O–H groups in total. The number of halogens is 2. The van der Waals surface area contributed by atoms with Gasteiger partial charge in [0.1, 0.15) is 6.04 Å². The fourth-order valence-corrected chi connectivity index (χ4v) is 2.64. The molecular formula is C15H19F2NO2. The average Bonchev–Trinajstić information content (AvgIpc) is 2.65. The Morgan fingerprint density at radius 3 is 2.55 bits per heavy atom. The molecule has 0 aromatic heterocycles. The molecule has 1 aliphatic rings. The van der Waals surface area contributed by atoms with Crippen molar-refractivity contribution in [2.45, 2.75) is 44.7 Å². The summed E-state index contributed by atoms with van der Waals surface area (Å²) in [6, 6.07) is 5.67. The fraction of sp³-hybridized carbons (Fsp3) is 0.533. The van der Waals surface area contributed by atoms with E-state index in [0.717, 1.165) is 31.4 Å². The summed E-state index contributed by atoms with van der Waals surface area (Å²) in [5, 5.41) is 9.29. The molecular weight excluding hydrogens is 264 g/mol. The van der Waals surface area contributed by atoms with Crippen LogP contribution in [0.3, 0.4) is 0 Å². The van der Waals surface area contributed by atoms with E-state index in [9.17, 15) is 18.7 Å². The van der Waals surface area contributed by atoms with Crippen LogP contribution in [0.2, 0.25) is 0 Å². The second kappa shape index (κ2) is 6.79. The van der Waals surface area contributed by atoms with Gasteiger partial charge < -0.3 is 5.11 Å². The van der Waals surface area contributed by atoms with Gasteiger partial charge in [0.15, 0.2) is 0 Å². The Bertz CT molecular complexity index is 448. The Hall–Kier alpha value is -1.49. The second-order valence-corrected chi connectivity index (χ2v) is 5.22.